The maximum Gasteiger partial charge on any atom is 0.341 e. The summed E-state index contributed by atoms with van der Waals surface area (Å²) in [6.45, 7) is 2.60. The molecule has 1 fully saturated rings. The third-order valence-electron chi connectivity index (χ3n) is 3.58. The summed E-state index contributed by atoms with van der Waals surface area (Å²) in [5.41, 5.74) is 0. The minimum atomic E-state index is -4.53. The molecule has 0 radical (unpaired) electrons. The van der Waals surface area contributed by atoms with Crippen molar-refractivity contribution in [1.82, 2.24) is 5.32 Å². The second-order valence-corrected chi connectivity index (χ2v) is 7.04. The van der Waals surface area contributed by atoms with Crippen LogP contribution in [0.15, 0.2) is 29.2 Å². The second-order valence-electron chi connectivity index (χ2n) is 5.13. The Hall–Kier alpha value is -1.21. The van der Waals surface area contributed by atoms with Crippen LogP contribution in [-0.2, 0) is 9.84 Å². The van der Waals surface area contributed by atoms with Crippen molar-refractivity contribution >= 4 is 9.84 Å². The molecule has 1 aromatic carbocycles. The van der Waals surface area contributed by atoms with Gasteiger partial charge in [0, 0.05) is 0 Å². The monoisotopic (exact) mass is 319 g/mol. The molecule has 0 aromatic heterocycles. The van der Waals surface area contributed by atoms with E-state index in [9.17, 15) is 17.2 Å². The van der Waals surface area contributed by atoms with Gasteiger partial charge in [0.25, 0.3) is 0 Å². The topological polar surface area (TPSA) is 55.4 Å². The molecule has 118 valence electrons. The van der Waals surface area contributed by atoms with Gasteiger partial charge in [0.05, 0.1) is 11.5 Å². The van der Waals surface area contributed by atoms with Crippen molar-refractivity contribution in [3.8, 4) is 5.75 Å². The van der Waals surface area contributed by atoms with Gasteiger partial charge in [-0.2, -0.15) is 8.78 Å². The first-order chi connectivity index (χ1) is 10.00. The number of piperidine rings is 1. The lowest BCUT2D eigenvalue weighted by Crippen LogP contribution is -2.30. The zero-order chi connectivity index (χ0) is 15.3. The van der Waals surface area contributed by atoms with Gasteiger partial charge in [-0.3, -0.25) is 0 Å². The van der Waals surface area contributed by atoms with Crippen molar-refractivity contribution in [3.63, 3.8) is 0 Å². The van der Waals surface area contributed by atoms with Crippen molar-refractivity contribution in [3.05, 3.63) is 24.3 Å². The Balaban J connectivity index is 1.85. The molecule has 1 aliphatic rings. The van der Waals surface area contributed by atoms with E-state index in [2.05, 4.69) is 5.32 Å². The summed E-state index contributed by atoms with van der Waals surface area (Å²) in [7, 11) is -4.53. The van der Waals surface area contributed by atoms with Crippen molar-refractivity contribution < 1.29 is 21.9 Å². The Morgan fingerprint density at radius 3 is 2.57 bits per heavy atom. The Morgan fingerprint density at radius 1 is 1.29 bits per heavy atom. The van der Waals surface area contributed by atoms with Gasteiger partial charge >= 0.3 is 5.76 Å². The summed E-state index contributed by atoms with van der Waals surface area (Å²) in [6, 6.07) is 5.13. The van der Waals surface area contributed by atoms with Crippen LogP contribution in [0.5, 0.6) is 5.75 Å². The summed E-state index contributed by atoms with van der Waals surface area (Å²) in [5.74, 6) is -2.31. The number of nitrogens with one attached hydrogen (secondary N) is 1. The van der Waals surface area contributed by atoms with Gasteiger partial charge in [0.15, 0.2) is 0 Å². The van der Waals surface area contributed by atoms with Crippen LogP contribution in [-0.4, -0.2) is 33.9 Å². The third kappa shape index (κ3) is 4.38. The Morgan fingerprint density at radius 2 is 2.00 bits per heavy atom. The second kappa shape index (κ2) is 7.17. The minimum Gasteiger partial charge on any atom is -0.494 e. The Bertz CT molecular complexity index is 540. The van der Waals surface area contributed by atoms with Crippen molar-refractivity contribution in [2.75, 3.05) is 19.7 Å². The van der Waals surface area contributed by atoms with Crippen molar-refractivity contribution in [2.24, 2.45) is 5.92 Å². The van der Waals surface area contributed by atoms with Crippen LogP contribution in [0.4, 0.5) is 8.78 Å². The van der Waals surface area contributed by atoms with E-state index < -0.39 is 15.6 Å². The molecular weight excluding hydrogens is 300 g/mol. The highest BCUT2D eigenvalue weighted by molar-refractivity contribution is 7.91. The quantitative estimate of drug-likeness (QED) is 0.875. The Labute approximate surface area is 123 Å². The van der Waals surface area contributed by atoms with Gasteiger partial charge in [-0.05, 0) is 62.5 Å². The first-order valence-electron chi connectivity index (χ1n) is 6.96. The van der Waals surface area contributed by atoms with Crippen LogP contribution >= 0.6 is 0 Å². The lowest BCUT2D eigenvalue weighted by Gasteiger charge is -2.22. The largest absolute Gasteiger partial charge is 0.494 e. The van der Waals surface area contributed by atoms with E-state index in [1.165, 1.54) is 25.0 Å². The van der Waals surface area contributed by atoms with Crippen LogP contribution in [0, 0.1) is 5.92 Å². The van der Waals surface area contributed by atoms with E-state index in [0.29, 0.717) is 18.3 Å². The minimum absolute atomic E-state index is 0.388. The fourth-order valence-corrected chi connectivity index (χ4v) is 3.06. The molecule has 0 spiro atoms. The maximum absolute atomic E-state index is 12.4. The van der Waals surface area contributed by atoms with Crippen molar-refractivity contribution in [1.29, 1.82) is 0 Å². The number of rotatable bonds is 6. The molecule has 1 unspecified atom stereocenters. The number of hydrogen-bond acceptors (Lipinski definition) is 4. The molecule has 4 nitrogen and oxygen atoms in total. The molecule has 2 rings (SSSR count). The first-order valence-corrected chi connectivity index (χ1v) is 8.50. The van der Waals surface area contributed by atoms with Crippen molar-refractivity contribution in [2.45, 2.75) is 29.9 Å². The van der Waals surface area contributed by atoms with E-state index in [1.807, 2.05) is 0 Å². The molecule has 1 atom stereocenters. The van der Waals surface area contributed by atoms with Gasteiger partial charge in [0.2, 0.25) is 9.84 Å². The van der Waals surface area contributed by atoms with E-state index in [0.717, 1.165) is 31.6 Å². The maximum atomic E-state index is 12.4. The summed E-state index contributed by atoms with van der Waals surface area (Å²) in [6.07, 6.45) is 3.27. The predicted octanol–water partition coefficient (Wildman–Crippen LogP) is 2.45. The third-order valence-corrected chi connectivity index (χ3v) is 4.98. The molecule has 0 amide bonds. The normalized spacial score (nSPS) is 19.7. The van der Waals surface area contributed by atoms with Gasteiger partial charge in [-0.1, -0.05) is 0 Å². The average molecular weight is 319 g/mol. The molecular formula is C14H19F2NO3S. The van der Waals surface area contributed by atoms with Gasteiger partial charge in [-0.15, -0.1) is 0 Å². The molecule has 1 saturated heterocycles. The number of hydrogen-bond donors (Lipinski definition) is 1. The smallest absolute Gasteiger partial charge is 0.341 e. The number of sulfone groups is 1. The number of benzene rings is 1. The highest BCUT2D eigenvalue weighted by Crippen LogP contribution is 2.22. The fourth-order valence-electron chi connectivity index (χ4n) is 2.34. The Kier molecular flexibility index (Phi) is 5.52. The molecule has 0 saturated carbocycles. The SMILES string of the molecule is O=S(=O)(c1ccc(OCCC2CCCNC2)cc1)C(F)F. The standard InChI is InChI=1S/C14H19F2NO3S/c15-14(16)21(18,19)13-5-3-12(4-6-13)20-9-7-11-2-1-8-17-10-11/h3-6,11,14,17H,1-2,7-10H2. The average Bonchev–Trinajstić information content (AvgIpc) is 2.49. The predicted molar refractivity (Wildman–Crippen MR) is 75.3 cm³/mol. The molecule has 1 aromatic rings. The zero-order valence-corrected chi connectivity index (χ0v) is 12.4. The summed E-state index contributed by atoms with van der Waals surface area (Å²) in [4.78, 5) is -0.388. The molecule has 21 heavy (non-hydrogen) atoms. The van der Waals surface area contributed by atoms with E-state index in [4.69, 9.17) is 4.74 Å². The lowest BCUT2D eigenvalue weighted by atomic mass is 9.97. The van der Waals surface area contributed by atoms with E-state index >= 15 is 0 Å². The van der Waals surface area contributed by atoms with Crippen LogP contribution in [0.1, 0.15) is 19.3 Å². The number of halogens is 2. The number of alkyl halides is 2. The first kappa shape index (κ1) is 16.2. The van der Waals surface area contributed by atoms with E-state index in [-0.39, 0.29) is 4.90 Å². The summed E-state index contributed by atoms with van der Waals surface area (Å²) in [5, 5.41) is 3.32. The molecule has 0 bridgehead atoms. The molecule has 1 aliphatic heterocycles. The highest BCUT2D eigenvalue weighted by atomic mass is 32.2. The molecule has 1 heterocycles. The van der Waals surface area contributed by atoms with Crippen LogP contribution in [0.2, 0.25) is 0 Å². The molecule has 7 heteroatoms. The van der Waals surface area contributed by atoms with E-state index in [1.54, 1.807) is 0 Å². The number of ether oxygens (including phenoxy) is 1. The van der Waals surface area contributed by atoms with Crippen LogP contribution in [0.3, 0.4) is 0 Å². The van der Waals surface area contributed by atoms with Gasteiger partial charge in [-0.25, -0.2) is 8.42 Å². The lowest BCUT2D eigenvalue weighted by molar-refractivity contribution is 0.234. The highest BCUT2D eigenvalue weighted by Gasteiger charge is 2.26. The summed E-state index contributed by atoms with van der Waals surface area (Å²) >= 11 is 0. The van der Waals surface area contributed by atoms with Gasteiger partial charge < -0.3 is 10.1 Å². The fraction of sp³-hybridized carbons (Fsp3) is 0.571. The summed E-state index contributed by atoms with van der Waals surface area (Å²) < 4.78 is 52.8. The molecule has 0 aliphatic carbocycles. The zero-order valence-electron chi connectivity index (χ0n) is 11.6. The van der Waals surface area contributed by atoms with Crippen LogP contribution < -0.4 is 10.1 Å². The van der Waals surface area contributed by atoms with Gasteiger partial charge in [0.1, 0.15) is 5.75 Å². The van der Waals surface area contributed by atoms with Crippen LogP contribution in [0.25, 0.3) is 0 Å². The molecule has 1 N–H and O–H groups in total.